The topological polar surface area (TPSA) is 46.2 Å². The van der Waals surface area contributed by atoms with Crippen LogP contribution in [0.4, 0.5) is 0 Å². The first-order valence-electron chi connectivity index (χ1n) is 3.69. The Morgan fingerprint density at radius 2 is 2.17 bits per heavy atom. The van der Waals surface area contributed by atoms with Crippen LogP contribution in [0.1, 0.15) is 24.1 Å². The number of benzene rings is 1. The molecule has 1 rings (SSSR count). The van der Waals surface area contributed by atoms with Crippen LogP contribution in [0, 0.1) is 0 Å². The Hall–Kier alpha value is -0.570. The number of hydrogen-bond acceptors (Lipinski definition) is 2. The van der Waals surface area contributed by atoms with E-state index < -0.39 is 0 Å². The number of hydrogen-bond donors (Lipinski definition) is 2. The van der Waals surface area contributed by atoms with Crippen molar-refractivity contribution in [1.82, 2.24) is 0 Å². The Morgan fingerprint density at radius 1 is 1.50 bits per heavy atom. The fourth-order valence-corrected chi connectivity index (χ4v) is 0.975. The smallest absolute Gasteiger partial charge is 0.0681 e. The van der Waals surface area contributed by atoms with Gasteiger partial charge in [0.25, 0.3) is 0 Å². The maximum Gasteiger partial charge on any atom is 0.0681 e. The van der Waals surface area contributed by atoms with Crippen LogP contribution in [0.5, 0.6) is 0 Å². The van der Waals surface area contributed by atoms with Crippen LogP contribution in [0.25, 0.3) is 0 Å². The highest BCUT2D eigenvalue weighted by atomic mass is 35.5. The summed E-state index contributed by atoms with van der Waals surface area (Å²) in [7, 11) is 0. The lowest BCUT2D eigenvalue weighted by Crippen LogP contribution is -2.04. The average Bonchev–Trinajstić information content (AvgIpc) is 2.05. The van der Waals surface area contributed by atoms with Crippen molar-refractivity contribution < 1.29 is 5.11 Å². The second-order valence-electron chi connectivity index (χ2n) is 2.69. The van der Waals surface area contributed by atoms with Gasteiger partial charge in [-0.15, -0.1) is 12.4 Å². The first kappa shape index (κ1) is 11.4. The van der Waals surface area contributed by atoms with Crippen molar-refractivity contribution in [2.75, 3.05) is 0 Å². The highest BCUT2D eigenvalue weighted by Gasteiger charge is 1.98. The van der Waals surface area contributed by atoms with Gasteiger partial charge >= 0.3 is 0 Å². The standard InChI is InChI=1S/C9H13NO.ClH/c1-7(10)9-4-2-3-8(5-9)6-11;/h2-5,7,11H,6,10H2,1H3;1H/t7-;/m0./s1. The van der Waals surface area contributed by atoms with Crippen molar-refractivity contribution in [3.05, 3.63) is 35.4 Å². The van der Waals surface area contributed by atoms with Gasteiger partial charge in [0.15, 0.2) is 0 Å². The van der Waals surface area contributed by atoms with Crippen LogP contribution < -0.4 is 5.73 Å². The van der Waals surface area contributed by atoms with Crippen molar-refractivity contribution >= 4 is 12.4 Å². The van der Waals surface area contributed by atoms with Crippen LogP contribution in [-0.4, -0.2) is 5.11 Å². The third-order valence-corrected chi connectivity index (χ3v) is 1.66. The predicted molar refractivity (Wildman–Crippen MR) is 52.2 cm³/mol. The molecule has 0 amide bonds. The largest absolute Gasteiger partial charge is 0.392 e. The maximum atomic E-state index is 8.80. The average molecular weight is 188 g/mol. The Bertz CT molecular complexity index is 238. The molecule has 0 unspecified atom stereocenters. The van der Waals surface area contributed by atoms with Crippen LogP contribution >= 0.6 is 12.4 Å². The summed E-state index contributed by atoms with van der Waals surface area (Å²) in [4.78, 5) is 0. The third-order valence-electron chi connectivity index (χ3n) is 1.66. The van der Waals surface area contributed by atoms with Crippen molar-refractivity contribution in [1.29, 1.82) is 0 Å². The molecule has 0 aromatic heterocycles. The van der Waals surface area contributed by atoms with Gasteiger partial charge in [-0.1, -0.05) is 24.3 Å². The molecule has 1 aromatic rings. The van der Waals surface area contributed by atoms with Gasteiger partial charge in [0.2, 0.25) is 0 Å². The van der Waals surface area contributed by atoms with E-state index in [-0.39, 0.29) is 25.1 Å². The molecule has 0 radical (unpaired) electrons. The zero-order chi connectivity index (χ0) is 8.27. The number of halogens is 1. The fraction of sp³-hybridized carbons (Fsp3) is 0.333. The van der Waals surface area contributed by atoms with Gasteiger partial charge in [0.05, 0.1) is 6.61 Å². The maximum absolute atomic E-state index is 8.80. The van der Waals surface area contributed by atoms with Crippen molar-refractivity contribution in [3.8, 4) is 0 Å². The van der Waals surface area contributed by atoms with Crippen molar-refractivity contribution in [2.45, 2.75) is 19.6 Å². The summed E-state index contributed by atoms with van der Waals surface area (Å²) in [6, 6.07) is 7.71. The minimum Gasteiger partial charge on any atom is -0.392 e. The number of rotatable bonds is 2. The van der Waals surface area contributed by atoms with Crippen molar-refractivity contribution in [2.24, 2.45) is 5.73 Å². The molecule has 0 aliphatic carbocycles. The minimum absolute atomic E-state index is 0. The van der Waals surface area contributed by atoms with Gasteiger partial charge in [0, 0.05) is 6.04 Å². The molecule has 1 aromatic carbocycles. The summed E-state index contributed by atoms with van der Waals surface area (Å²) in [5.74, 6) is 0. The highest BCUT2D eigenvalue weighted by molar-refractivity contribution is 5.85. The lowest BCUT2D eigenvalue weighted by atomic mass is 10.1. The molecule has 0 bridgehead atoms. The first-order chi connectivity index (χ1) is 5.24. The van der Waals surface area contributed by atoms with Gasteiger partial charge in [-0.2, -0.15) is 0 Å². The van der Waals surface area contributed by atoms with E-state index in [1.165, 1.54) is 0 Å². The SMILES string of the molecule is C[C@H](N)c1cccc(CO)c1.Cl. The molecule has 0 spiro atoms. The second kappa shape index (κ2) is 5.14. The zero-order valence-corrected chi connectivity index (χ0v) is 7.84. The van der Waals surface area contributed by atoms with Gasteiger partial charge in [-0.05, 0) is 18.1 Å². The van der Waals surface area contributed by atoms with Crippen molar-refractivity contribution in [3.63, 3.8) is 0 Å². The van der Waals surface area contributed by atoms with E-state index in [1.807, 2.05) is 31.2 Å². The lowest BCUT2D eigenvalue weighted by Gasteiger charge is -2.05. The Morgan fingerprint density at radius 3 is 2.67 bits per heavy atom. The van der Waals surface area contributed by atoms with E-state index in [4.69, 9.17) is 10.8 Å². The number of aliphatic hydroxyl groups excluding tert-OH is 1. The number of aliphatic hydroxyl groups is 1. The third kappa shape index (κ3) is 2.81. The summed E-state index contributed by atoms with van der Waals surface area (Å²) in [5, 5.41) is 8.80. The van der Waals surface area contributed by atoms with E-state index in [9.17, 15) is 0 Å². The fourth-order valence-electron chi connectivity index (χ4n) is 0.975. The summed E-state index contributed by atoms with van der Waals surface area (Å²) >= 11 is 0. The van der Waals surface area contributed by atoms with E-state index in [0.29, 0.717) is 0 Å². The molecule has 68 valence electrons. The van der Waals surface area contributed by atoms with Gasteiger partial charge in [0.1, 0.15) is 0 Å². The van der Waals surface area contributed by atoms with E-state index in [2.05, 4.69) is 0 Å². The molecular weight excluding hydrogens is 174 g/mol. The quantitative estimate of drug-likeness (QED) is 0.739. The molecule has 0 aliphatic heterocycles. The normalized spacial score (nSPS) is 11.9. The van der Waals surface area contributed by atoms with Crippen LogP contribution in [0.2, 0.25) is 0 Å². The molecule has 3 heteroatoms. The summed E-state index contributed by atoms with van der Waals surface area (Å²) in [6.45, 7) is 2.01. The summed E-state index contributed by atoms with van der Waals surface area (Å²) in [6.07, 6.45) is 0. The zero-order valence-electron chi connectivity index (χ0n) is 7.03. The molecule has 1 atom stereocenters. The van der Waals surface area contributed by atoms with E-state index >= 15 is 0 Å². The molecule has 12 heavy (non-hydrogen) atoms. The molecular formula is C9H14ClNO. The molecule has 0 heterocycles. The lowest BCUT2D eigenvalue weighted by molar-refractivity contribution is 0.281. The highest BCUT2D eigenvalue weighted by Crippen LogP contribution is 2.11. The van der Waals surface area contributed by atoms with Gasteiger partial charge in [-0.25, -0.2) is 0 Å². The first-order valence-corrected chi connectivity index (χ1v) is 3.69. The van der Waals surface area contributed by atoms with E-state index in [1.54, 1.807) is 0 Å². The van der Waals surface area contributed by atoms with Crippen LogP contribution in [0.3, 0.4) is 0 Å². The van der Waals surface area contributed by atoms with Crippen LogP contribution in [-0.2, 0) is 6.61 Å². The molecule has 0 fully saturated rings. The number of nitrogens with two attached hydrogens (primary N) is 1. The van der Waals surface area contributed by atoms with E-state index in [0.717, 1.165) is 11.1 Å². The van der Waals surface area contributed by atoms with Gasteiger partial charge in [-0.3, -0.25) is 0 Å². The van der Waals surface area contributed by atoms with Crippen LogP contribution in [0.15, 0.2) is 24.3 Å². The predicted octanol–water partition coefficient (Wildman–Crippen LogP) is 1.62. The Kier molecular flexibility index (Phi) is 4.90. The minimum atomic E-state index is 0. The molecule has 0 saturated carbocycles. The second-order valence-corrected chi connectivity index (χ2v) is 2.69. The Labute approximate surface area is 78.8 Å². The molecule has 3 N–H and O–H groups in total. The molecule has 2 nitrogen and oxygen atoms in total. The Balaban J connectivity index is 0.00000121. The summed E-state index contributed by atoms with van der Waals surface area (Å²) < 4.78 is 0. The monoisotopic (exact) mass is 187 g/mol. The summed E-state index contributed by atoms with van der Waals surface area (Å²) in [5.41, 5.74) is 7.64. The molecule has 0 saturated heterocycles. The molecule has 0 aliphatic rings. The van der Waals surface area contributed by atoms with Gasteiger partial charge < -0.3 is 10.8 Å².